The Kier molecular flexibility index (Phi) is 5.72. The fourth-order valence-corrected chi connectivity index (χ4v) is 9.62. The molecule has 0 fully saturated rings. The average molecular weight is 619 g/mol. The van der Waals surface area contributed by atoms with Crippen LogP contribution in [0.5, 0.6) is 0 Å². The average Bonchev–Trinajstić information content (AvgIpc) is 3.69. The molecular formula is C44H26S2. The molecule has 0 unspecified atom stereocenters. The first-order valence-corrected chi connectivity index (χ1v) is 17.4. The second-order valence-corrected chi connectivity index (χ2v) is 14.1. The predicted octanol–water partition coefficient (Wildman–Crippen LogP) is 13.7. The van der Waals surface area contributed by atoms with E-state index in [1.165, 1.54) is 96.0 Å². The van der Waals surface area contributed by atoms with E-state index in [0.717, 1.165) is 0 Å². The first-order valence-electron chi connectivity index (χ1n) is 15.7. The highest BCUT2D eigenvalue weighted by atomic mass is 32.1. The van der Waals surface area contributed by atoms with Crippen molar-refractivity contribution >= 4 is 85.2 Å². The number of benzene rings is 8. The van der Waals surface area contributed by atoms with Gasteiger partial charge in [-0.05, 0) is 89.8 Å². The van der Waals surface area contributed by atoms with E-state index in [9.17, 15) is 0 Å². The summed E-state index contributed by atoms with van der Waals surface area (Å²) in [7, 11) is 0. The van der Waals surface area contributed by atoms with Gasteiger partial charge in [0.2, 0.25) is 0 Å². The van der Waals surface area contributed by atoms with E-state index in [-0.39, 0.29) is 0 Å². The molecule has 0 spiro atoms. The van der Waals surface area contributed by atoms with Crippen LogP contribution >= 0.6 is 22.7 Å². The van der Waals surface area contributed by atoms with Crippen molar-refractivity contribution in [3.05, 3.63) is 157 Å². The molecule has 0 N–H and O–H groups in total. The molecule has 214 valence electrons. The lowest BCUT2D eigenvalue weighted by Gasteiger charge is -2.18. The summed E-state index contributed by atoms with van der Waals surface area (Å²) in [5, 5.41) is 14.0. The molecule has 2 heterocycles. The minimum Gasteiger partial charge on any atom is -0.143 e. The highest BCUT2D eigenvalue weighted by Crippen LogP contribution is 2.47. The second-order valence-electron chi connectivity index (χ2n) is 12.1. The molecule has 46 heavy (non-hydrogen) atoms. The molecule has 0 amide bonds. The number of rotatable bonds is 3. The topological polar surface area (TPSA) is 0 Å². The van der Waals surface area contributed by atoms with Crippen LogP contribution in [0, 0.1) is 0 Å². The van der Waals surface area contributed by atoms with Gasteiger partial charge in [0.25, 0.3) is 0 Å². The van der Waals surface area contributed by atoms with Gasteiger partial charge in [0.05, 0.1) is 0 Å². The lowest BCUT2D eigenvalue weighted by molar-refractivity contribution is 1.69. The van der Waals surface area contributed by atoms with Gasteiger partial charge in [0.15, 0.2) is 0 Å². The maximum absolute atomic E-state index is 2.43. The van der Waals surface area contributed by atoms with Crippen molar-refractivity contribution in [2.75, 3.05) is 0 Å². The molecular weight excluding hydrogens is 593 g/mol. The van der Waals surface area contributed by atoms with Crippen LogP contribution in [0.2, 0.25) is 0 Å². The third-order valence-electron chi connectivity index (χ3n) is 9.51. The van der Waals surface area contributed by atoms with E-state index in [0.29, 0.717) is 0 Å². The third kappa shape index (κ3) is 3.91. The summed E-state index contributed by atoms with van der Waals surface area (Å²) in [5.74, 6) is 0. The summed E-state index contributed by atoms with van der Waals surface area (Å²) < 4.78 is 4.03. The van der Waals surface area contributed by atoms with Gasteiger partial charge < -0.3 is 0 Å². The minimum atomic E-state index is 1.26. The first-order chi connectivity index (χ1) is 22.8. The standard InChI is InChI=1S/C44H26S2/c1-2-11-28(12-3-1)39-26-45-40-25-42-37(24-38(39)40)32-21-20-31(23-41(32)46-42)44-35-16-8-6-14-33(35)43(34-15-7-9-17-36(34)44)30-19-18-27-10-4-5-13-29(27)22-30/h1-26H. The molecule has 0 bridgehead atoms. The minimum absolute atomic E-state index is 1.26. The molecule has 0 saturated heterocycles. The summed E-state index contributed by atoms with van der Waals surface area (Å²) in [6.45, 7) is 0. The van der Waals surface area contributed by atoms with E-state index in [4.69, 9.17) is 0 Å². The Balaban J connectivity index is 1.21. The van der Waals surface area contributed by atoms with E-state index in [1.54, 1.807) is 0 Å². The number of hydrogen-bond donors (Lipinski definition) is 0. The normalized spacial score (nSPS) is 11.9. The predicted molar refractivity (Wildman–Crippen MR) is 204 cm³/mol. The fourth-order valence-electron chi connectivity index (χ4n) is 7.39. The van der Waals surface area contributed by atoms with Crippen LogP contribution in [-0.4, -0.2) is 0 Å². The van der Waals surface area contributed by atoms with Gasteiger partial charge in [-0.2, -0.15) is 0 Å². The highest BCUT2D eigenvalue weighted by Gasteiger charge is 2.18. The molecule has 0 aliphatic heterocycles. The lowest BCUT2D eigenvalue weighted by atomic mass is 9.85. The summed E-state index contributed by atoms with van der Waals surface area (Å²) >= 11 is 3.75. The van der Waals surface area contributed by atoms with Crippen LogP contribution in [0.15, 0.2) is 157 Å². The zero-order chi connectivity index (χ0) is 30.2. The molecule has 0 aliphatic carbocycles. The zero-order valence-corrected chi connectivity index (χ0v) is 26.5. The summed E-state index contributed by atoms with van der Waals surface area (Å²) in [4.78, 5) is 0. The van der Waals surface area contributed by atoms with Gasteiger partial charge in [0.1, 0.15) is 0 Å². The first kappa shape index (κ1) is 26.0. The van der Waals surface area contributed by atoms with Crippen LogP contribution in [0.1, 0.15) is 0 Å². The lowest BCUT2D eigenvalue weighted by Crippen LogP contribution is -1.90. The molecule has 8 aromatic carbocycles. The molecule has 2 aromatic heterocycles. The van der Waals surface area contributed by atoms with Crippen molar-refractivity contribution in [2.24, 2.45) is 0 Å². The molecule has 10 rings (SSSR count). The maximum atomic E-state index is 2.43. The van der Waals surface area contributed by atoms with Crippen molar-refractivity contribution in [3.63, 3.8) is 0 Å². The van der Waals surface area contributed by atoms with Crippen molar-refractivity contribution in [3.8, 4) is 33.4 Å². The van der Waals surface area contributed by atoms with Crippen LogP contribution in [0.25, 0.3) is 96.0 Å². The quantitative estimate of drug-likeness (QED) is 0.173. The molecule has 0 atom stereocenters. The van der Waals surface area contributed by atoms with Gasteiger partial charge in [-0.3, -0.25) is 0 Å². The van der Waals surface area contributed by atoms with Gasteiger partial charge in [-0.15, -0.1) is 22.7 Å². The zero-order valence-electron chi connectivity index (χ0n) is 24.8. The molecule has 0 nitrogen and oxygen atoms in total. The Labute approximate surface area is 274 Å². The smallest absolute Gasteiger partial charge is 0.0369 e. The van der Waals surface area contributed by atoms with Crippen LogP contribution in [-0.2, 0) is 0 Å². The monoisotopic (exact) mass is 618 g/mol. The van der Waals surface area contributed by atoms with Crippen molar-refractivity contribution in [2.45, 2.75) is 0 Å². The maximum Gasteiger partial charge on any atom is 0.0369 e. The van der Waals surface area contributed by atoms with E-state index in [1.807, 2.05) is 22.7 Å². The molecule has 2 heteroatoms. The fraction of sp³-hybridized carbons (Fsp3) is 0. The Bertz CT molecular complexity index is 2740. The number of fused-ring (bicyclic) bond motifs is 7. The Hall–Kier alpha value is -5.28. The molecule has 10 aromatic rings. The summed E-state index contributed by atoms with van der Waals surface area (Å²) in [6.07, 6.45) is 0. The summed E-state index contributed by atoms with van der Waals surface area (Å²) in [5.41, 5.74) is 7.74. The highest BCUT2D eigenvalue weighted by molar-refractivity contribution is 7.26. The van der Waals surface area contributed by atoms with E-state index in [2.05, 4.69) is 157 Å². The van der Waals surface area contributed by atoms with Gasteiger partial charge in [0, 0.05) is 35.8 Å². The molecule has 0 saturated carbocycles. The van der Waals surface area contributed by atoms with Crippen molar-refractivity contribution in [1.29, 1.82) is 0 Å². The SMILES string of the molecule is c1ccc(-c2csc3cc4sc5cc(-c6c7ccccc7c(-c7ccc8ccccc8c7)c7ccccc67)ccc5c4cc23)cc1. The Morgan fingerprint density at radius 2 is 0.913 bits per heavy atom. The van der Waals surface area contributed by atoms with Gasteiger partial charge in [-0.1, -0.05) is 127 Å². The van der Waals surface area contributed by atoms with Crippen molar-refractivity contribution < 1.29 is 0 Å². The third-order valence-corrected chi connectivity index (χ3v) is 11.6. The molecule has 0 radical (unpaired) electrons. The van der Waals surface area contributed by atoms with Crippen LogP contribution < -0.4 is 0 Å². The summed E-state index contributed by atoms with van der Waals surface area (Å²) in [6, 6.07) is 56.1. The largest absolute Gasteiger partial charge is 0.143 e. The Morgan fingerprint density at radius 3 is 1.63 bits per heavy atom. The second kappa shape index (κ2) is 10.1. The Morgan fingerprint density at radius 1 is 0.326 bits per heavy atom. The van der Waals surface area contributed by atoms with Crippen molar-refractivity contribution in [1.82, 2.24) is 0 Å². The number of hydrogen-bond acceptors (Lipinski definition) is 2. The van der Waals surface area contributed by atoms with Gasteiger partial charge >= 0.3 is 0 Å². The van der Waals surface area contributed by atoms with Crippen LogP contribution in [0.3, 0.4) is 0 Å². The van der Waals surface area contributed by atoms with E-state index >= 15 is 0 Å². The van der Waals surface area contributed by atoms with Gasteiger partial charge in [-0.25, -0.2) is 0 Å². The van der Waals surface area contributed by atoms with E-state index < -0.39 is 0 Å². The van der Waals surface area contributed by atoms with Crippen LogP contribution in [0.4, 0.5) is 0 Å². The number of thiophene rings is 2. The molecule has 0 aliphatic rings.